The largest absolute Gasteiger partial charge is 0.396 e. The Morgan fingerprint density at radius 3 is 3.12 bits per heavy atom. The number of nitrogens with one attached hydrogen (secondary N) is 1. The predicted octanol–water partition coefficient (Wildman–Crippen LogP) is 0.345. The van der Waals surface area contributed by atoms with Gasteiger partial charge in [-0.1, -0.05) is 0 Å². The fourth-order valence-corrected chi connectivity index (χ4v) is 2.02. The highest BCUT2D eigenvalue weighted by Crippen LogP contribution is 2.28. The van der Waals surface area contributed by atoms with Crippen LogP contribution >= 0.6 is 0 Å². The molecule has 0 radical (unpaired) electrons. The van der Waals surface area contributed by atoms with E-state index in [1.807, 2.05) is 0 Å². The summed E-state index contributed by atoms with van der Waals surface area (Å²) in [6, 6.07) is 1.74. The second-order valence-electron chi connectivity index (χ2n) is 4.05. The maximum atomic E-state index is 11.7. The van der Waals surface area contributed by atoms with E-state index in [4.69, 9.17) is 9.84 Å². The Hall–Kier alpha value is -1.40. The first-order valence-corrected chi connectivity index (χ1v) is 5.78. The van der Waals surface area contributed by atoms with Crippen molar-refractivity contribution in [2.24, 2.45) is 0 Å². The van der Waals surface area contributed by atoms with Crippen LogP contribution in [-0.4, -0.2) is 34.4 Å². The van der Waals surface area contributed by atoms with Crippen LogP contribution < -0.4 is 11.0 Å². The van der Waals surface area contributed by atoms with Crippen molar-refractivity contribution in [2.75, 3.05) is 19.0 Å². The van der Waals surface area contributed by atoms with Gasteiger partial charge in [-0.3, -0.25) is 4.57 Å². The maximum Gasteiger partial charge on any atom is 0.351 e. The molecule has 1 aliphatic rings. The first-order valence-electron chi connectivity index (χ1n) is 5.78. The Bertz CT molecular complexity index is 432. The molecule has 2 heterocycles. The van der Waals surface area contributed by atoms with E-state index >= 15 is 0 Å². The third-order valence-corrected chi connectivity index (χ3v) is 2.93. The summed E-state index contributed by atoms with van der Waals surface area (Å²) < 4.78 is 7.18. The Morgan fingerprint density at radius 2 is 2.47 bits per heavy atom. The molecule has 17 heavy (non-hydrogen) atoms. The zero-order valence-corrected chi connectivity index (χ0v) is 9.80. The summed E-state index contributed by atoms with van der Waals surface area (Å²) in [4.78, 5) is 15.6. The van der Waals surface area contributed by atoms with Crippen LogP contribution in [-0.2, 0) is 4.74 Å². The number of aromatic nitrogens is 2. The van der Waals surface area contributed by atoms with E-state index in [2.05, 4.69) is 10.3 Å². The monoisotopic (exact) mass is 239 g/mol. The first-order chi connectivity index (χ1) is 8.24. The van der Waals surface area contributed by atoms with Crippen LogP contribution in [0.2, 0.25) is 0 Å². The minimum atomic E-state index is -0.313. The molecule has 0 aromatic carbocycles. The van der Waals surface area contributed by atoms with Gasteiger partial charge in [-0.05, 0) is 25.3 Å². The first kappa shape index (κ1) is 12.1. The zero-order valence-electron chi connectivity index (χ0n) is 9.80. The van der Waals surface area contributed by atoms with Gasteiger partial charge in [0.1, 0.15) is 12.0 Å². The second kappa shape index (κ2) is 5.29. The molecule has 2 N–H and O–H groups in total. The van der Waals surface area contributed by atoms with Gasteiger partial charge in [-0.2, -0.15) is 4.98 Å². The highest BCUT2D eigenvalue weighted by Gasteiger charge is 2.26. The van der Waals surface area contributed by atoms with E-state index in [0.717, 1.165) is 12.8 Å². The molecular weight excluding hydrogens is 222 g/mol. The fraction of sp³-hybridized carbons (Fsp3) is 0.636. The van der Waals surface area contributed by atoms with Crippen molar-refractivity contribution >= 4 is 5.82 Å². The summed E-state index contributed by atoms with van der Waals surface area (Å²) in [5.74, 6) is 0.552. The van der Waals surface area contributed by atoms with Gasteiger partial charge in [-0.15, -0.1) is 0 Å². The maximum absolute atomic E-state index is 11.7. The Labute approximate surface area is 99.2 Å². The predicted molar refractivity (Wildman–Crippen MR) is 62.9 cm³/mol. The lowest BCUT2D eigenvalue weighted by atomic mass is 10.2. The van der Waals surface area contributed by atoms with Crippen molar-refractivity contribution in [3.63, 3.8) is 0 Å². The molecule has 0 spiro atoms. The van der Waals surface area contributed by atoms with Crippen LogP contribution in [0.4, 0.5) is 5.82 Å². The molecule has 2 rings (SSSR count). The number of hydrogen-bond acceptors (Lipinski definition) is 5. The number of aliphatic hydroxyl groups is 1. The van der Waals surface area contributed by atoms with E-state index < -0.39 is 0 Å². The molecule has 1 aromatic heterocycles. The summed E-state index contributed by atoms with van der Waals surface area (Å²) in [6.45, 7) is 0.114. The van der Waals surface area contributed by atoms with E-state index in [0.29, 0.717) is 12.2 Å². The fourth-order valence-electron chi connectivity index (χ4n) is 2.02. The van der Waals surface area contributed by atoms with Gasteiger partial charge in [0.2, 0.25) is 0 Å². The second-order valence-corrected chi connectivity index (χ2v) is 4.05. The summed E-state index contributed by atoms with van der Waals surface area (Å²) >= 11 is 0. The zero-order chi connectivity index (χ0) is 12.3. The molecule has 1 fully saturated rings. The summed E-state index contributed by atoms with van der Waals surface area (Å²) in [5.41, 5.74) is -0.313. The topological polar surface area (TPSA) is 76.4 Å². The number of anilines is 1. The molecule has 0 aliphatic carbocycles. The molecule has 6 nitrogen and oxygen atoms in total. The van der Waals surface area contributed by atoms with Gasteiger partial charge in [0, 0.05) is 19.9 Å². The molecule has 0 bridgehead atoms. The standard InChI is InChI=1S/C11H17N3O3/c1-12-9-4-6-14(11(16)13-9)10-3-2-8(17-10)5-7-15/h4,6,8,10,15H,2-3,5,7H2,1H3,(H,12,13,16). The van der Waals surface area contributed by atoms with Crippen molar-refractivity contribution in [3.05, 3.63) is 22.7 Å². The van der Waals surface area contributed by atoms with E-state index in [1.54, 1.807) is 19.3 Å². The lowest BCUT2D eigenvalue weighted by Gasteiger charge is -2.15. The lowest BCUT2D eigenvalue weighted by Crippen LogP contribution is -2.27. The molecule has 0 saturated carbocycles. The molecule has 0 amide bonds. The smallest absolute Gasteiger partial charge is 0.351 e. The highest BCUT2D eigenvalue weighted by atomic mass is 16.5. The quantitative estimate of drug-likeness (QED) is 0.792. The van der Waals surface area contributed by atoms with Crippen molar-refractivity contribution < 1.29 is 9.84 Å². The number of ether oxygens (including phenoxy) is 1. The highest BCUT2D eigenvalue weighted by molar-refractivity contribution is 5.30. The minimum Gasteiger partial charge on any atom is -0.396 e. The SMILES string of the molecule is CNc1ccn(C2CCC(CCO)O2)c(=O)n1. The van der Waals surface area contributed by atoms with Crippen LogP contribution in [0.15, 0.2) is 17.1 Å². The van der Waals surface area contributed by atoms with Crippen molar-refractivity contribution in [2.45, 2.75) is 31.6 Å². The van der Waals surface area contributed by atoms with Crippen molar-refractivity contribution in [3.8, 4) is 0 Å². The van der Waals surface area contributed by atoms with E-state index in [9.17, 15) is 4.79 Å². The van der Waals surface area contributed by atoms with E-state index in [1.165, 1.54) is 4.57 Å². The van der Waals surface area contributed by atoms with Gasteiger partial charge < -0.3 is 15.2 Å². The van der Waals surface area contributed by atoms with Gasteiger partial charge in [-0.25, -0.2) is 4.79 Å². The molecule has 2 atom stereocenters. The number of nitrogens with zero attached hydrogens (tertiary/aromatic N) is 2. The van der Waals surface area contributed by atoms with Crippen LogP contribution in [0.3, 0.4) is 0 Å². The average Bonchev–Trinajstić information content (AvgIpc) is 2.78. The molecule has 2 unspecified atom stereocenters. The molecule has 1 aromatic rings. The Balaban J connectivity index is 2.11. The van der Waals surface area contributed by atoms with Crippen LogP contribution in [0.25, 0.3) is 0 Å². The summed E-state index contributed by atoms with van der Waals surface area (Å²) in [7, 11) is 1.72. The summed E-state index contributed by atoms with van der Waals surface area (Å²) in [5, 5.41) is 11.7. The third-order valence-electron chi connectivity index (χ3n) is 2.93. The molecular formula is C11H17N3O3. The number of aliphatic hydroxyl groups excluding tert-OH is 1. The van der Waals surface area contributed by atoms with Crippen molar-refractivity contribution in [1.29, 1.82) is 0 Å². The van der Waals surface area contributed by atoms with Gasteiger partial charge in [0.05, 0.1) is 6.10 Å². The molecule has 1 aliphatic heterocycles. The Morgan fingerprint density at radius 1 is 1.65 bits per heavy atom. The lowest BCUT2D eigenvalue weighted by molar-refractivity contribution is -0.0101. The minimum absolute atomic E-state index is 0.0425. The Kier molecular flexibility index (Phi) is 3.75. The molecule has 94 valence electrons. The van der Waals surface area contributed by atoms with Crippen LogP contribution in [0, 0.1) is 0 Å². The normalized spacial score (nSPS) is 23.9. The average molecular weight is 239 g/mol. The van der Waals surface area contributed by atoms with Gasteiger partial charge in [0.25, 0.3) is 0 Å². The van der Waals surface area contributed by atoms with E-state index in [-0.39, 0.29) is 24.6 Å². The van der Waals surface area contributed by atoms with Crippen LogP contribution in [0.5, 0.6) is 0 Å². The number of hydrogen-bond donors (Lipinski definition) is 2. The van der Waals surface area contributed by atoms with Gasteiger partial charge in [0.15, 0.2) is 0 Å². The van der Waals surface area contributed by atoms with Crippen molar-refractivity contribution in [1.82, 2.24) is 9.55 Å². The molecule has 6 heteroatoms. The van der Waals surface area contributed by atoms with Crippen LogP contribution in [0.1, 0.15) is 25.5 Å². The molecule has 1 saturated heterocycles. The summed E-state index contributed by atoms with van der Waals surface area (Å²) in [6.07, 6.45) is 3.75. The van der Waals surface area contributed by atoms with Gasteiger partial charge >= 0.3 is 5.69 Å². The number of rotatable bonds is 4. The third kappa shape index (κ3) is 2.65.